The fourth-order valence-electron chi connectivity index (χ4n) is 3.68. The minimum atomic E-state index is -4.74. The van der Waals surface area contributed by atoms with E-state index in [-0.39, 0.29) is 11.6 Å². The van der Waals surface area contributed by atoms with Gasteiger partial charge in [-0.1, -0.05) is 48.0 Å². The van der Waals surface area contributed by atoms with Crippen LogP contribution in [0.25, 0.3) is 6.08 Å². The zero-order valence-corrected chi connectivity index (χ0v) is 20.4. The highest BCUT2D eigenvalue weighted by atomic mass is 35.5. The Balaban J connectivity index is 1.67. The number of benzene rings is 3. The van der Waals surface area contributed by atoms with Gasteiger partial charge in [0.2, 0.25) is 0 Å². The van der Waals surface area contributed by atoms with Crippen LogP contribution >= 0.6 is 11.6 Å². The van der Waals surface area contributed by atoms with E-state index in [4.69, 9.17) is 16.3 Å². The Kier molecular flexibility index (Phi) is 7.09. The molecule has 6 nitrogen and oxygen atoms in total. The molecule has 1 aliphatic rings. The quantitative estimate of drug-likeness (QED) is 0.315. The van der Waals surface area contributed by atoms with Crippen molar-refractivity contribution in [2.45, 2.75) is 26.6 Å². The van der Waals surface area contributed by atoms with Crippen LogP contribution in [0.1, 0.15) is 27.8 Å². The average molecular weight is 529 g/mol. The van der Waals surface area contributed by atoms with Crippen LogP contribution in [0.15, 0.2) is 66.2 Å². The molecule has 0 atom stereocenters. The minimum Gasteiger partial charge on any atom is -0.488 e. The van der Waals surface area contributed by atoms with Crippen molar-refractivity contribution in [1.82, 2.24) is 5.32 Å². The molecule has 0 spiro atoms. The van der Waals surface area contributed by atoms with Crippen molar-refractivity contribution < 1.29 is 32.3 Å². The summed E-state index contributed by atoms with van der Waals surface area (Å²) in [5.74, 6) is -1.77. The number of halogens is 4. The molecule has 190 valence electrons. The molecule has 1 fully saturated rings. The standard InChI is InChI=1S/C27H20ClF3N2O4/c1-15-7-8-17(11-16(15)2)14-37-23-6-4-3-5-18(23)12-20-24(34)32-26(36)33(25(20)35)22-13-19(27(29,30)31)9-10-21(22)28/h3-13H,14H2,1-2H3,(H,32,34,36)/b20-12-. The predicted octanol–water partition coefficient (Wildman–Crippen LogP) is 6.22. The highest BCUT2D eigenvalue weighted by Crippen LogP contribution is 2.37. The Morgan fingerprint density at radius 2 is 1.70 bits per heavy atom. The molecule has 4 rings (SSSR count). The van der Waals surface area contributed by atoms with Crippen molar-refractivity contribution in [3.05, 3.63) is 99.1 Å². The van der Waals surface area contributed by atoms with Crippen molar-refractivity contribution in [1.29, 1.82) is 0 Å². The molecular formula is C27H20ClF3N2O4. The second-order valence-corrected chi connectivity index (χ2v) is 8.77. The molecule has 4 amide bonds. The van der Waals surface area contributed by atoms with Crippen LogP contribution in [0.4, 0.5) is 23.7 Å². The van der Waals surface area contributed by atoms with E-state index in [1.165, 1.54) is 6.08 Å². The first-order valence-electron chi connectivity index (χ1n) is 11.0. The molecule has 0 saturated carbocycles. The van der Waals surface area contributed by atoms with Crippen LogP contribution in [0.3, 0.4) is 0 Å². The van der Waals surface area contributed by atoms with Crippen molar-refractivity contribution in [3.8, 4) is 5.75 Å². The van der Waals surface area contributed by atoms with E-state index >= 15 is 0 Å². The van der Waals surface area contributed by atoms with Gasteiger partial charge in [0.15, 0.2) is 0 Å². The number of hydrogen-bond donors (Lipinski definition) is 1. The summed E-state index contributed by atoms with van der Waals surface area (Å²) in [7, 11) is 0. The highest BCUT2D eigenvalue weighted by Gasteiger charge is 2.39. The number of carbonyl (C=O) groups is 3. The zero-order valence-electron chi connectivity index (χ0n) is 19.7. The summed E-state index contributed by atoms with van der Waals surface area (Å²) in [5, 5.41) is 1.71. The van der Waals surface area contributed by atoms with Gasteiger partial charge in [0.1, 0.15) is 17.9 Å². The van der Waals surface area contributed by atoms with Crippen LogP contribution in [-0.2, 0) is 22.4 Å². The van der Waals surface area contributed by atoms with Gasteiger partial charge < -0.3 is 4.74 Å². The Morgan fingerprint density at radius 1 is 0.973 bits per heavy atom. The molecule has 0 aromatic heterocycles. The van der Waals surface area contributed by atoms with E-state index in [0.29, 0.717) is 22.3 Å². The van der Waals surface area contributed by atoms with Gasteiger partial charge in [-0.25, -0.2) is 9.69 Å². The van der Waals surface area contributed by atoms with Gasteiger partial charge in [-0.3, -0.25) is 14.9 Å². The molecule has 1 N–H and O–H groups in total. The summed E-state index contributed by atoms with van der Waals surface area (Å²) in [6, 6.07) is 13.5. The normalized spacial score (nSPS) is 15.2. The van der Waals surface area contributed by atoms with Crippen LogP contribution in [0.5, 0.6) is 5.75 Å². The maximum Gasteiger partial charge on any atom is 0.416 e. The number of barbiturate groups is 1. The molecule has 3 aromatic rings. The van der Waals surface area contributed by atoms with E-state index in [0.717, 1.165) is 28.8 Å². The number of amides is 4. The van der Waals surface area contributed by atoms with Gasteiger partial charge in [0.25, 0.3) is 11.8 Å². The minimum absolute atomic E-state index is 0.214. The lowest BCUT2D eigenvalue weighted by Crippen LogP contribution is -2.54. The van der Waals surface area contributed by atoms with Gasteiger partial charge in [0, 0.05) is 5.56 Å². The fourth-order valence-corrected chi connectivity index (χ4v) is 3.88. The molecule has 0 aliphatic carbocycles. The number of carbonyl (C=O) groups excluding carboxylic acids is 3. The second-order valence-electron chi connectivity index (χ2n) is 8.37. The molecule has 37 heavy (non-hydrogen) atoms. The molecule has 0 unspecified atom stereocenters. The SMILES string of the molecule is Cc1ccc(COc2ccccc2/C=C2/C(=O)NC(=O)N(c3cc(C(F)(F)F)ccc3Cl)C2=O)cc1C. The third-order valence-corrected chi connectivity index (χ3v) is 6.12. The van der Waals surface area contributed by atoms with Gasteiger partial charge >= 0.3 is 12.2 Å². The number of anilines is 1. The number of nitrogens with zero attached hydrogens (tertiary/aromatic N) is 1. The van der Waals surface area contributed by atoms with Crippen LogP contribution < -0.4 is 15.0 Å². The van der Waals surface area contributed by atoms with Gasteiger partial charge in [0.05, 0.1) is 16.3 Å². The van der Waals surface area contributed by atoms with Crippen molar-refractivity contribution in [3.63, 3.8) is 0 Å². The van der Waals surface area contributed by atoms with Gasteiger partial charge in [-0.2, -0.15) is 13.2 Å². The third-order valence-electron chi connectivity index (χ3n) is 5.80. The van der Waals surface area contributed by atoms with E-state index in [9.17, 15) is 27.6 Å². The monoisotopic (exact) mass is 528 g/mol. The van der Waals surface area contributed by atoms with Crippen LogP contribution in [0, 0.1) is 13.8 Å². The molecule has 0 radical (unpaired) electrons. The van der Waals surface area contributed by atoms with E-state index < -0.39 is 40.8 Å². The lowest BCUT2D eigenvalue weighted by molar-refractivity contribution is -0.137. The molecule has 10 heteroatoms. The number of aryl methyl sites for hydroxylation is 2. The molecular weight excluding hydrogens is 509 g/mol. The highest BCUT2D eigenvalue weighted by molar-refractivity contribution is 6.42. The first-order chi connectivity index (χ1) is 17.5. The van der Waals surface area contributed by atoms with Crippen molar-refractivity contribution in [2.75, 3.05) is 4.90 Å². The molecule has 1 aliphatic heterocycles. The topological polar surface area (TPSA) is 75.7 Å². The number of hydrogen-bond acceptors (Lipinski definition) is 4. The lowest BCUT2D eigenvalue weighted by Gasteiger charge is -2.27. The first-order valence-corrected chi connectivity index (χ1v) is 11.4. The second kappa shape index (κ2) is 10.1. The summed E-state index contributed by atoms with van der Waals surface area (Å²) in [4.78, 5) is 38.7. The maximum absolute atomic E-state index is 13.2. The predicted molar refractivity (Wildman–Crippen MR) is 132 cm³/mol. The third kappa shape index (κ3) is 5.51. The first kappa shape index (κ1) is 26.0. The summed E-state index contributed by atoms with van der Waals surface area (Å²) in [6.07, 6.45) is -3.52. The van der Waals surface area contributed by atoms with Crippen molar-refractivity contribution in [2.24, 2.45) is 0 Å². The number of nitrogens with one attached hydrogen (secondary N) is 1. The summed E-state index contributed by atoms with van der Waals surface area (Å²) in [5.41, 5.74) is 1.41. The van der Waals surface area contributed by atoms with Crippen molar-refractivity contribution >= 4 is 41.2 Å². The number of imide groups is 2. The Labute approximate surface area is 215 Å². The number of ether oxygens (including phenoxy) is 1. The smallest absolute Gasteiger partial charge is 0.416 e. The molecule has 1 saturated heterocycles. The van der Waals surface area contributed by atoms with Crippen LogP contribution in [-0.4, -0.2) is 17.8 Å². The lowest BCUT2D eigenvalue weighted by atomic mass is 10.1. The summed E-state index contributed by atoms with van der Waals surface area (Å²) in [6.45, 7) is 4.19. The number of rotatable bonds is 5. The Bertz CT molecular complexity index is 1450. The molecule has 1 heterocycles. The number of alkyl halides is 3. The van der Waals surface area contributed by atoms with Gasteiger partial charge in [-0.15, -0.1) is 0 Å². The average Bonchev–Trinajstić information content (AvgIpc) is 2.83. The van der Waals surface area contributed by atoms with E-state index in [1.807, 2.05) is 37.4 Å². The number of para-hydroxylation sites is 1. The summed E-state index contributed by atoms with van der Waals surface area (Å²) < 4.78 is 45.6. The largest absolute Gasteiger partial charge is 0.488 e. The molecule has 0 bridgehead atoms. The van der Waals surface area contributed by atoms with E-state index in [1.54, 1.807) is 24.3 Å². The summed E-state index contributed by atoms with van der Waals surface area (Å²) >= 11 is 6.03. The van der Waals surface area contributed by atoms with Gasteiger partial charge in [-0.05, 0) is 60.9 Å². The fraction of sp³-hybridized carbons (Fsp3) is 0.148. The number of urea groups is 1. The Hall–Kier alpha value is -4.11. The zero-order chi connectivity index (χ0) is 26.9. The molecule has 3 aromatic carbocycles. The Morgan fingerprint density at radius 3 is 2.41 bits per heavy atom. The van der Waals surface area contributed by atoms with Crippen LogP contribution in [0.2, 0.25) is 5.02 Å². The maximum atomic E-state index is 13.2. The van der Waals surface area contributed by atoms with E-state index in [2.05, 4.69) is 0 Å².